The Balaban J connectivity index is 1.54. The number of hydrogen-bond acceptors (Lipinski definition) is 5. The maximum atomic E-state index is 9.24. The summed E-state index contributed by atoms with van der Waals surface area (Å²) in [5.74, 6) is 2.11. The minimum atomic E-state index is 0.211. The van der Waals surface area contributed by atoms with Crippen LogP contribution >= 0.6 is 0 Å². The molecular weight excluding hydrogens is 276 g/mol. The summed E-state index contributed by atoms with van der Waals surface area (Å²) in [5.41, 5.74) is 1.82. The number of nitrogens with zero attached hydrogens (tertiary/aromatic N) is 4. The van der Waals surface area contributed by atoms with Crippen LogP contribution in [0.5, 0.6) is 0 Å². The molecule has 0 spiro atoms. The van der Waals surface area contributed by atoms with E-state index in [1.165, 1.54) is 12.8 Å². The molecule has 1 atom stereocenters. The van der Waals surface area contributed by atoms with Crippen LogP contribution in [0.4, 0.5) is 0 Å². The van der Waals surface area contributed by atoms with Crippen molar-refractivity contribution in [3.05, 3.63) is 47.1 Å². The third-order valence-electron chi connectivity index (χ3n) is 4.56. The standard InChI is InChI=1S/C17H18N4O/c18-10-13-4-1-2-5-14(13)11-21-9-3-6-15(21)16-19-17(22-20-16)12-7-8-12/h1-2,4-5,12,15H,3,6-9,11H2. The lowest BCUT2D eigenvalue weighted by Gasteiger charge is -2.22. The second-order valence-corrected chi connectivity index (χ2v) is 6.16. The van der Waals surface area contributed by atoms with Gasteiger partial charge in [0.05, 0.1) is 17.7 Å². The summed E-state index contributed by atoms with van der Waals surface area (Å²) >= 11 is 0. The Bertz CT molecular complexity index is 713. The van der Waals surface area contributed by atoms with Gasteiger partial charge in [-0.1, -0.05) is 23.4 Å². The molecule has 2 aromatic rings. The van der Waals surface area contributed by atoms with E-state index >= 15 is 0 Å². The summed E-state index contributed by atoms with van der Waals surface area (Å²) in [5, 5.41) is 13.4. The number of benzene rings is 1. The lowest BCUT2D eigenvalue weighted by molar-refractivity contribution is 0.234. The van der Waals surface area contributed by atoms with E-state index in [1.54, 1.807) is 0 Å². The zero-order chi connectivity index (χ0) is 14.9. The molecule has 2 heterocycles. The van der Waals surface area contributed by atoms with Gasteiger partial charge < -0.3 is 4.52 Å². The molecule has 0 radical (unpaired) electrons. The lowest BCUT2D eigenvalue weighted by atomic mass is 10.1. The Labute approximate surface area is 129 Å². The van der Waals surface area contributed by atoms with Crippen molar-refractivity contribution >= 4 is 0 Å². The van der Waals surface area contributed by atoms with E-state index in [0.717, 1.165) is 48.8 Å². The Kier molecular flexibility index (Phi) is 3.39. The van der Waals surface area contributed by atoms with Gasteiger partial charge >= 0.3 is 0 Å². The van der Waals surface area contributed by atoms with Gasteiger partial charge in [-0.15, -0.1) is 0 Å². The molecule has 112 valence electrons. The number of nitriles is 1. The first kappa shape index (κ1) is 13.5. The zero-order valence-corrected chi connectivity index (χ0v) is 12.4. The topological polar surface area (TPSA) is 66.0 Å². The fourth-order valence-electron chi connectivity index (χ4n) is 3.17. The van der Waals surface area contributed by atoms with Gasteiger partial charge in [0.15, 0.2) is 5.82 Å². The molecule has 1 aliphatic carbocycles. The van der Waals surface area contributed by atoms with Gasteiger partial charge in [-0.3, -0.25) is 4.90 Å². The van der Waals surface area contributed by atoms with Crippen molar-refractivity contribution in [3.8, 4) is 6.07 Å². The fourth-order valence-corrected chi connectivity index (χ4v) is 3.17. The van der Waals surface area contributed by atoms with Crippen LogP contribution in [0.15, 0.2) is 28.8 Å². The normalized spacial score (nSPS) is 21.9. The average molecular weight is 294 g/mol. The lowest BCUT2D eigenvalue weighted by Crippen LogP contribution is -2.24. The Morgan fingerprint density at radius 2 is 2.14 bits per heavy atom. The second kappa shape index (κ2) is 5.54. The van der Waals surface area contributed by atoms with Crippen LogP contribution in [-0.2, 0) is 6.54 Å². The highest BCUT2D eigenvalue weighted by molar-refractivity contribution is 5.37. The Hall–Kier alpha value is -2.19. The van der Waals surface area contributed by atoms with Gasteiger partial charge in [-0.05, 0) is 43.9 Å². The van der Waals surface area contributed by atoms with E-state index in [9.17, 15) is 5.26 Å². The summed E-state index contributed by atoms with van der Waals surface area (Å²) in [6, 6.07) is 10.3. The van der Waals surface area contributed by atoms with Gasteiger partial charge in [-0.2, -0.15) is 10.2 Å². The number of hydrogen-bond donors (Lipinski definition) is 0. The van der Waals surface area contributed by atoms with Crippen molar-refractivity contribution in [1.82, 2.24) is 15.0 Å². The van der Waals surface area contributed by atoms with Crippen molar-refractivity contribution in [1.29, 1.82) is 5.26 Å². The van der Waals surface area contributed by atoms with E-state index in [2.05, 4.69) is 21.1 Å². The maximum absolute atomic E-state index is 9.24. The van der Waals surface area contributed by atoms with Gasteiger partial charge in [-0.25, -0.2) is 0 Å². The molecule has 0 amide bonds. The SMILES string of the molecule is N#Cc1ccccc1CN1CCCC1c1noc(C2CC2)n1. The number of rotatable bonds is 4. The highest BCUT2D eigenvalue weighted by atomic mass is 16.5. The summed E-state index contributed by atoms with van der Waals surface area (Å²) in [4.78, 5) is 6.96. The zero-order valence-electron chi connectivity index (χ0n) is 12.4. The highest BCUT2D eigenvalue weighted by Crippen LogP contribution is 2.40. The third-order valence-corrected chi connectivity index (χ3v) is 4.56. The third kappa shape index (κ3) is 2.51. The Morgan fingerprint density at radius 1 is 1.27 bits per heavy atom. The first-order valence-corrected chi connectivity index (χ1v) is 7.90. The molecule has 0 N–H and O–H groups in total. The first-order valence-electron chi connectivity index (χ1n) is 7.90. The molecule has 1 saturated carbocycles. The van der Waals surface area contributed by atoms with Gasteiger partial charge in [0, 0.05) is 12.5 Å². The molecule has 1 unspecified atom stereocenters. The van der Waals surface area contributed by atoms with Crippen LogP contribution < -0.4 is 0 Å². The van der Waals surface area contributed by atoms with Gasteiger partial charge in [0.1, 0.15) is 0 Å². The number of likely N-dealkylation sites (tertiary alicyclic amines) is 1. The van der Waals surface area contributed by atoms with Crippen LogP contribution in [0.25, 0.3) is 0 Å². The number of aromatic nitrogens is 2. The van der Waals surface area contributed by atoms with Crippen LogP contribution in [0, 0.1) is 11.3 Å². The summed E-state index contributed by atoms with van der Waals surface area (Å²) in [6.45, 7) is 1.78. The molecule has 4 rings (SSSR count). The predicted molar refractivity (Wildman–Crippen MR) is 79.8 cm³/mol. The molecule has 2 fully saturated rings. The van der Waals surface area contributed by atoms with E-state index in [0.29, 0.717) is 5.92 Å². The monoisotopic (exact) mass is 294 g/mol. The van der Waals surface area contributed by atoms with Crippen molar-refractivity contribution in [2.45, 2.75) is 44.2 Å². The molecule has 1 aromatic carbocycles. The Morgan fingerprint density at radius 3 is 2.95 bits per heavy atom. The van der Waals surface area contributed by atoms with E-state index < -0.39 is 0 Å². The minimum absolute atomic E-state index is 0.211. The predicted octanol–water partition coefficient (Wildman–Crippen LogP) is 3.16. The summed E-state index contributed by atoms with van der Waals surface area (Å²) in [7, 11) is 0. The molecule has 1 saturated heterocycles. The largest absolute Gasteiger partial charge is 0.339 e. The average Bonchev–Trinajstić information content (AvgIpc) is 3.10. The molecule has 1 aromatic heterocycles. The van der Waals surface area contributed by atoms with Gasteiger partial charge in [0.2, 0.25) is 5.89 Å². The van der Waals surface area contributed by atoms with Crippen LogP contribution in [0.1, 0.15) is 60.5 Å². The molecule has 22 heavy (non-hydrogen) atoms. The molecule has 1 aliphatic heterocycles. The summed E-state index contributed by atoms with van der Waals surface area (Å²) < 4.78 is 5.40. The van der Waals surface area contributed by atoms with Crippen LogP contribution in [0.2, 0.25) is 0 Å². The van der Waals surface area contributed by atoms with Crippen molar-refractivity contribution < 1.29 is 4.52 Å². The van der Waals surface area contributed by atoms with Crippen LogP contribution in [-0.4, -0.2) is 21.6 Å². The first-order chi connectivity index (χ1) is 10.8. The summed E-state index contributed by atoms with van der Waals surface area (Å²) in [6.07, 6.45) is 4.53. The highest BCUT2D eigenvalue weighted by Gasteiger charge is 2.34. The molecule has 2 aliphatic rings. The van der Waals surface area contributed by atoms with Crippen molar-refractivity contribution in [2.24, 2.45) is 0 Å². The molecule has 5 nitrogen and oxygen atoms in total. The quantitative estimate of drug-likeness (QED) is 0.866. The smallest absolute Gasteiger partial charge is 0.229 e. The second-order valence-electron chi connectivity index (χ2n) is 6.16. The molecule has 0 bridgehead atoms. The van der Waals surface area contributed by atoms with E-state index in [1.807, 2.05) is 24.3 Å². The maximum Gasteiger partial charge on any atom is 0.229 e. The van der Waals surface area contributed by atoms with Crippen molar-refractivity contribution in [3.63, 3.8) is 0 Å². The van der Waals surface area contributed by atoms with Crippen molar-refractivity contribution in [2.75, 3.05) is 6.54 Å². The minimum Gasteiger partial charge on any atom is -0.339 e. The van der Waals surface area contributed by atoms with Gasteiger partial charge in [0.25, 0.3) is 0 Å². The van der Waals surface area contributed by atoms with E-state index in [-0.39, 0.29) is 6.04 Å². The fraction of sp³-hybridized carbons (Fsp3) is 0.471. The molecular formula is C17H18N4O. The van der Waals surface area contributed by atoms with Crippen LogP contribution in [0.3, 0.4) is 0 Å². The molecule has 5 heteroatoms. The van der Waals surface area contributed by atoms with E-state index in [4.69, 9.17) is 4.52 Å².